The zero-order chi connectivity index (χ0) is 17.9. The Morgan fingerprint density at radius 1 is 1.08 bits per heavy atom. The van der Waals surface area contributed by atoms with E-state index in [1.807, 2.05) is 6.07 Å². The Balaban J connectivity index is 1.59. The molecule has 0 spiro atoms. The quantitative estimate of drug-likeness (QED) is 0.856. The molecule has 2 aromatic carbocycles. The highest BCUT2D eigenvalue weighted by Crippen LogP contribution is 2.32. The first kappa shape index (κ1) is 17.9. The number of piperidine rings is 1. The molecule has 0 aromatic heterocycles. The molecule has 3 rings (SSSR count). The van der Waals surface area contributed by atoms with E-state index in [4.69, 9.17) is 5.11 Å². The van der Waals surface area contributed by atoms with Crippen molar-refractivity contribution in [2.45, 2.75) is 18.8 Å². The van der Waals surface area contributed by atoms with Crippen LogP contribution in [0.15, 0.2) is 42.5 Å². The Kier molecular flexibility index (Phi) is 5.39. The molecule has 134 valence electrons. The molecule has 25 heavy (non-hydrogen) atoms. The Bertz CT molecular complexity index is 849. The first-order valence-electron chi connectivity index (χ1n) is 8.57. The molecular formula is C19H23NO4S. The summed E-state index contributed by atoms with van der Waals surface area (Å²) >= 11 is 0. The van der Waals surface area contributed by atoms with Crippen molar-refractivity contribution >= 4 is 26.6 Å². The van der Waals surface area contributed by atoms with Gasteiger partial charge in [0.2, 0.25) is 0 Å². The minimum absolute atomic E-state index is 0.0851. The summed E-state index contributed by atoms with van der Waals surface area (Å²) in [6.45, 7) is 2.10. The summed E-state index contributed by atoms with van der Waals surface area (Å²) in [5, 5.41) is 11.2. The number of fused-ring (bicyclic) bond motifs is 1. The highest BCUT2D eigenvalue weighted by atomic mass is 32.2. The summed E-state index contributed by atoms with van der Waals surface area (Å²) in [5.41, 5.74) is 1.37. The van der Waals surface area contributed by atoms with Gasteiger partial charge in [0.15, 0.2) is 9.84 Å². The van der Waals surface area contributed by atoms with Gasteiger partial charge in [0.05, 0.1) is 5.75 Å². The lowest BCUT2D eigenvalue weighted by molar-refractivity contribution is -0.134. The standard InChI is InChI=1S/C19H23NO4S/c21-19(22)14-25(23,24)13-12-20-10-8-16(9-11-20)18-7-3-5-15-4-1-2-6-17(15)18/h1-7,16H,8-14H2,(H,21,22). The molecule has 1 aliphatic rings. The summed E-state index contributed by atoms with van der Waals surface area (Å²) in [4.78, 5) is 12.7. The number of rotatable bonds is 6. The van der Waals surface area contributed by atoms with Crippen molar-refractivity contribution in [2.24, 2.45) is 0 Å². The van der Waals surface area contributed by atoms with E-state index in [0.717, 1.165) is 25.9 Å². The molecule has 0 radical (unpaired) electrons. The van der Waals surface area contributed by atoms with Gasteiger partial charge in [-0.25, -0.2) is 8.42 Å². The summed E-state index contributed by atoms with van der Waals surface area (Å²) in [7, 11) is -3.52. The van der Waals surface area contributed by atoms with Crippen LogP contribution in [0.3, 0.4) is 0 Å². The minimum Gasteiger partial charge on any atom is -0.480 e. The number of sulfone groups is 1. The van der Waals surface area contributed by atoms with Crippen LogP contribution >= 0.6 is 0 Å². The van der Waals surface area contributed by atoms with Crippen LogP contribution in [0.1, 0.15) is 24.3 Å². The zero-order valence-electron chi connectivity index (χ0n) is 14.1. The molecule has 0 atom stereocenters. The maximum Gasteiger partial charge on any atom is 0.318 e. The average Bonchev–Trinajstić information content (AvgIpc) is 2.59. The second-order valence-corrected chi connectivity index (χ2v) is 8.85. The summed E-state index contributed by atoms with van der Waals surface area (Å²) < 4.78 is 23.4. The van der Waals surface area contributed by atoms with Gasteiger partial charge in [-0.05, 0) is 48.2 Å². The smallest absolute Gasteiger partial charge is 0.318 e. The molecule has 1 fully saturated rings. The lowest BCUT2D eigenvalue weighted by Crippen LogP contribution is -2.37. The van der Waals surface area contributed by atoms with Crippen molar-refractivity contribution in [2.75, 3.05) is 31.1 Å². The second-order valence-electron chi connectivity index (χ2n) is 6.67. The fourth-order valence-electron chi connectivity index (χ4n) is 3.60. The largest absolute Gasteiger partial charge is 0.480 e. The van der Waals surface area contributed by atoms with Gasteiger partial charge in [-0.15, -0.1) is 0 Å². The van der Waals surface area contributed by atoms with E-state index < -0.39 is 21.6 Å². The molecule has 6 heteroatoms. The lowest BCUT2D eigenvalue weighted by atomic mass is 9.86. The fraction of sp³-hybridized carbons (Fsp3) is 0.421. The van der Waals surface area contributed by atoms with Crippen molar-refractivity contribution in [3.8, 4) is 0 Å². The van der Waals surface area contributed by atoms with E-state index in [1.165, 1.54) is 16.3 Å². The van der Waals surface area contributed by atoms with Gasteiger partial charge < -0.3 is 10.0 Å². The molecule has 2 aromatic rings. The number of carbonyl (C=O) groups is 1. The van der Waals surface area contributed by atoms with Crippen LogP contribution in [0.5, 0.6) is 0 Å². The van der Waals surface area contributed by atoms with E-state index in [-0.39, 0.29) is 5.75 Å². The van der Waals surface area contributed by atoms with E-state index in [1.54, 1.807) is 0 Å². The van der Waals surface area contributed by atoms with Crippen molar-refractivity contribution < 1.29 is 18.3 Å². The van der Waals surface area contributed by atoms with Crippen LogP contribution in [0, 0.1) is 0 Å². The van der Waals surface area contributed by atoms with Gasteiger partial charge in [0, 0.05) is 6.54 Å². The van der Waals surface area contributed by atoms with Crippen molar-refractivity contribution in [1.29, 1.82) is 0 Å². The third kappa shape index (κ3) is 4.58. The summed E-state index contributed by atoms with van der Waals surface area (Å²) in [5.74, 6) is -1.66. The van der Waals surface area contributed by atoms with Gasteiger partial charge in [-0.3, -0.25) is 4.79 Å². The molecular weight excluding hydrogens is 338 g/mol. The lowest BCUT2D eigenvalue weighted by Gasteiger charge is -2.32. The van der Waals surface area contributed by atoms with Gasteiger partial charge in [-0.1, -0.05) is 42.5 Å². The maximum absolute atomic E-state index is 11.7. The number of hydrogen-bond acceptors (Lipinski definition) is 4. The van der Waals surface area contributed by atoms with Crippen LogP contribution < -0.4 is 0 Å². The van der Waals surface area contributed by atoms with Crippen LogP contribution in [-0.2, 0) is 14.6 Å². The van der Waals surface area contributed by atoms with Crippen LogP contribution in [0.4, 0.5) is 0 Å². The first-order valence-corrected chi connectivity index (χ1v) is 10.4. The number of aliphatic carboxylic acids is 1. The predicted octanol–water partition coefficient (Wildman–Crippen LogP) is 2.52. The molecule has 1 heterocycles. The SMILES string of the molecule is O=C(O)CS(=O)(=O)CCN1CCC(c2cccc3ccccc23)CC1. The van der Waals surface area contributed by atoms with Gasteiger partial charge >= 0.3 is 5.97 Å². The van der Waals surface area contributed by atoms with E-state index in [9.17, 15) is 13.2 Å². The Morgan fingerprint density at radius 2 is 1.76 bits per heavy atom. The first-order chi connectivity index (χ1) is 11.9. The number of carboxylic acids is 1. The predicted molar refractivity (Wildman–Crippen MR) is 98.7 cm³/mol. The van der Waals surface area contributed by atoms with E-state index >= 15 is 0 Å². The highest BCUT2D eigenvalue weighted by molar-refractivity contribution is 7.92. The highest BCUT2D eigenvalue weighted by Gasteiger charge is 2.23. The number of hydrogen-bond donors (Lipinski definition) is 1. The number of nitrogens with zero attached hydrogens (tertiary/aromatic N) is 1. The molecule has 0 bridgehead atoms. The van der Waals surface area contributed by atoms with Crippen LogP contribution in [0.25, 0.3) is 10.8 Å². The molecule has 1 N–H and O–H groups in total. The molecule has 0 saturated carbocycles. The molecule has 0 unspecified atom stereocenters. The van der Waals surface area contributed by atoms with Crippen molar-refractivity contribution in [3.05, 3.63) is 48.0 Å². The number of carboxylic acid groups (broad SMARTS) is 1. The van der Waals surface area contributed by atoms with Crippen molar-refractivity contribution in [3.63, 3.8) is 0 Å². The van der Waals surface area contributed by atoms with Crippen molar-refractivity contribution in [1.82, 2.24) is 4.90 Å². The number of likely N-dealkylation sites (tertiary alicyclic amines) is 1. The normalized spacial score (nSPS) is 17.0. The second kappa shape index (κ2) is 7.54. The topological polar surface area (TPSA) is 74.7 Å². The zero-order valence-corrected chi connectivity index (χ0v) is 14.9. The van der Waals surface area contributed by atoms with E-state index in [0.29, 0.717) is 12.5 Å². The third-order valence-corrected chi connectivity index (χ3v) is 6.40. The Morgan fingerprint density at radius 3 is 2.48 bits per heavy atom. The van der Waals surface area contributed by atoms with E-state index in [2.05, 4.69) is 41.3 Å². The molecule has 0 amide bonds. The van der Waals surface area contributed by atoms with Crippen LogP contribution in [0.2, 0.25) is 0 Å². The summed E-state index contributed by atoms with van der Waals surface area (Å²) in [6.07, 6.45) is 1.99. The number of benzene rings is 2. The van der Waals surface area contributed by atoms with Gasteiger partial charge in [0.1, 0.15) is 5.75 Å². The third-order valence-electron chi connectivity index (χ3n) is 4.91. The van der Waals surface area contributed by atoms with Crippen LogP contribution in [-0.4, -0.2) is 55.5 Å². The van der Waals surface area contributed by atoms with Gasteiger partial charge in [0.25, 0.3) is 0 Å². The molecule has 0 aliphatic carbocycles. The average molecular weight is 361 g/mol. The maximum atomic E-state index is 11.7. The van der Waals surface area contributed by atoms with Gasteiger partial charge in [-0.2, -0.15) is 0 Å². The minimum atomic E-state index is -3.52. The Hall–Kier alpha value is -1.92. The molecule has 1 aliphatic heterocycles. The molecule has 5 nitrogen and oxygen atoms in total. The summed E-state index contributed by atoms with van der Waals surface area (Å²) in [6, 6.07) is 14.8. The molecule has 1 saturated heterocycles. The Labute approximate surface area is 148 Å². The fourth-order valence-corrected chi connectivity index (χ4v) is 4.66. The monoisotopic (exact) mass is 361 g/mol.